The zero-order chi connectivity index (χ0) is 41.0. The third kappa shape index (κ3) is 14.3. The molecule has 3 rings (SSSR count). The van der Waals surface area contributed by atoms with Crippen molar-refractivity contribution >= 4 is 31.2 Å². The zero-order valence-corrected chi connectivity index (χ0v) is 33.8. The van der Waals surface area contributed by atoms with E-state index >= 15 is 0 Å². The first-order chi connectivity index (χ1) is 26.9. The molecule has 0 unspecified atom stereocenters. The maximum absolute atomic E-state index is 13.9. The van der Waals surface area contributed by atoms with Gasteiger partial charge in [-0.15, -0.1) is 0 Å². The van der Waals surface area contributed by atoms with Crippen LogP contribution < -0.4 is 10.8 Å². The molecule has 0 saturated carbocycles. The molecule has 3 heterocycles. The van der Waals surface area contributed by atoms with E-state index in [0.29, 0.717) is 11.9 Å². The smallest absolute Gasteiger partial charge is 0.465 e. The molecule has 0 aliphatic carbocycles. The van der Waals surface area contributed by atoms with Gasteiger partial charge < -0.3 is 34.9 Å². The van der Waals surface area contributed by atoms with Gasteiger partial charge in [0.05, 0.1) is 25.0 Å². The fourth-order valence-corrected chi connectivity index (χ4v) is 7.22. The van der Waals surface area contributed by atoms with Crippen molar-refractivity contribution in [2.45, 2.75) is 141 Å². The lowest BCUT2D eigenvalue weighted by atomic mass is 9.92. The van der Waals surface area contributed by atoms with Crippen LogP contribution in [0.5, 0.6) is 0 Å². The van der Waals surface area contributed by atoms with E-state index in [-0.39, 0.29) is 18.1 Å². The van der Waals surface area contributed by atoms with Crippen molar-refractivity contribution in [3.05, 3.63) is 48.5 Å². The van der Waals surface area contributed by atoms with E-state index in [1.165, 1.54) is 42.8 Å². The SMILES string of the molecule is CCCCC/C=C\C/C=C\CCCCCCCCOC(=O)[C@H](C)N[P@](=O)(OCOC(=O)OC(C)C)OC[C@H]1O[C@@](C#N)(c2ccc3c(N)ncnn23)[C@H](O)[C@@H]1O. The van der Waals surface area contributed by atoms with Crippen molar-refractivity contribution in [3.63, 3.8) is 0 Å². The number of hydrogen-bond donors (Lipinski definition) is 4. The number of esters is 1. The number of aromatic nitrogens is 3. The number of ether oxygens (including phenoxy) is 4. The number of carbonyl (C=O) groups is 2. The van der Waals surface area contributed by atoms with Gasteiger partial charge in [0.2, 0.25) is 12.4 Å². The van der Waals surface area contributed by atoms with Crippen molar-refractivity contribution in [1.29, 1.82) is 5.26 Å². The average Bonchev–Trinajstić information content (AvgIpc) is 3.71. The summed E-state index contributed by atoms with van der Waals surface area (Å²) in [6.45, 7) is 5.33. The molecule has 56 heavy (non-hydrogen) atoms. The molecule has 0 spiro atoms. The molecule has 5 N–H and O–H groups in total. The number of rotatable bonds is 26. The van der Waals surface area contributed by atoms with Gasteiger partial charge in [-0.2, -0.15) is 10.4 Å². The molecule has 18 heteroatoms. The summed E-state index contributed by atoms with van der Waals surface area (Å²) >= 11 is 0. The van der Waals surface area contributed by atoms with Gasteiger partial charge in [-0.1, -0.05) is 69.8 Å². The molecule has 0 radical (unpaired) electrons. The third-order valence-electron chi connectivity index (χ3n) is 8.92. The lowest BCUT2D eigenvalue weighted by molar-refractivity contribution is -0.145. The quantitative estimate of drug-likeness (QED) is 0.0274. The highest BCUT2D eigenvalue weighted by Crippen LogP contribution is 2.47. The summed E-state index contributed by atoms with van der Waals surface area (Å²) in [6, 6.07) is 3.64. The molecule has 17 nitrogen and oxygen atoms in total. The molecule has 0 amide bonds. The summed E-state index contributed by atoms with van der Waals surface area (Å²) < 4.78 is 46.9. The van der Waals surface area contributed by atoms with E-state index in [4.69, 9.17) is 33.7 Å². The van der Waals surface area contributed by atoms with Crippen molar-refractivity contribution in [2.24, 2.45) is 0 Å². The number of nitrogens with one attached hydrogen (secondary N) is 1. The van der Waals surface area contributed by atoms with E-state index < -0.39 is 69.3 Å². The third-order valence-corrected chi connectivity index (χ3v) is 10.6. The minimum absolute atomic E-state index is 0.0453. The van der Waals surface area contributed by atoms with E-state index in [0.717, 1.165) is 57.7 Å². The first kappa shape index (κ1) is 46.5. The van der Waals surface area contributed by atoms with Crippen molar-refractivity contribution in [2.75, 3.05) is 25.7 Å². The Hall–Kier alpha value is -3.88. The fraction of sp³-hybridized carbons (Fsp3) is 0.658. The first-order valence-electron chi connectivity index (χ1n) is 19.4. The predicted octanol–water partition coefficient (Wildman–Crippen LogP) is 6.15. The van der Waals surface area contributed by atoms with Crippen LogP contribution >= 0.6 is 7.75 Å². The molecule has 2 aromatic heterocycles. The van der Waals surface area contributed by atoms with Gasteiger partial charge in [0, 0.05) is 0 Å². The molecule has 2 aromatic rings. The van der Waals surface area contributed by atoms with Gasteiger partial charge in [-0.3, -0.25) is 13.8 Å². The molecular formula is C38H59N6O11P. The van der Waals surface area contributed by atoms with Gasteiger partial charge in [-0.25, -0.2) is 23.9 Å². The summed E-state index contributed by atoms with van der Waals surface area (Å²) in [6.07, 6.45) is 16.4. The van der Waals surface area contributed by atoms with Gasteiger partial charge >= 0.3 is 19.9 Å². The molecule has 0 bridgehead atoms. The number of hydrogen-bond acceptors (Lipinski definition) is 15. The number of unbranched alkanes of at least 4 members (excludes halogenated alkanes) is 9. The maximum atomic E-state index is 13.9. The molecular weight excluding hydrogens is 747 g/mol. The van der Waals surface area contributed by atoms with Crippen LogP contribution in [0.4, 0.5) is 10.6 Å². The summed E-state index contributed by atoms with van der Waals surface area (Å²) in [5.74, 6) is -0.636. The molecule has 1 fully saturated rings. The number of aliphatic hydroxyl groups excluding tert-OH is 2. The van der Waals surface area contributed by atoms with Gasteiger partial charge in [0.25, 0.3) is 0 Å². The monoisotopic (exact) mass is 806 g/mol. The summed E-state index contributed by atoms with van der Waals surface area (Å²) in [5.41, 5.74) is 4.13. The van der Waals surface area contributed by atoms with Crippen LogP contribution in [-0.2, 0) is 43.0 Å². The van der Waals surface area contributed by atoms with E-state index in [2.05, 4.69) is 46.4 Å². The number of nitrogen functional groups attached to an aromatic ring is 1. The number of nitriles is 1. The Morgan fingerprint density at radius 1 is 1.04 bits per heavy atom. The fourth-order valence-electron chi connectivity index (χ4n) is 5.88. The van der Waals surface area contributed by atoms with Crippen molar-refractivity contribution in [1.82, 2.24) is 19.7 Å². The predicted molar refractivity (Wildman–Crippen MR) is 207 cm³/mol. The number of allylic oxidation sites excluding steroid dienone is 4. The van der Waals surface area contributed by atoms with Crippen LogP contribution in [0, 0.1) is 11.3 Å². The second-order valence-corrected chi connectivity index (χ2v) is 15.6. The standard InChI is InChI=1S/C38H59N6O11P/c1-5-6-7-8-9-10-11-12-13-14-15-16-17-18-19-20-23-50-36(47)29(4)43-56(49,53-27-51-37(48)54-28(2)3)52-24-31-33(45)34(46)38(25-39,55-31)32-22-21-30-35(40)41-26-42-44(30)32/h9-10,12-13,21-22,26,28-29,31,33-34,45-46H,5-8,11,14-20,23-24,27H2,1-4H3,(H,43,49)(H2,40,41,42)/b10-9-,13-12-/t29-,31+,33+,34+,38-,56+/m0/s1. The van der Waals surface area contributed by atoms with Crippen LogP contribution in [0.15, 0.2) is 42.8 Å². The Morgan fingerprint density at radius 2 is 1.71 bits per heavy atom. The Labute approximate surface area is 329 Å². The number of fused-ring (bicyclic) bond motifs is 1. The van der Waals surface area contributed by atoms with Crippen molar-refractivity contribution < 1.29 is 52.4 Å². The maximum Gasteiger partial charge on any atom is 0.510 e. The molecule has 6 atom stereocenters. The van der Waals surface area contributed by atoms with Gasteiger partial charge in [0.1, 0.15) is 42.3 Å². The van der Waals surface area contributed by atoms with Crippen molar-refractivity contribution in [3.8, 4) is 6.07 Å². The minimum Gasteiger partial charge on any atom is -0.465 e. The second-order valence-electron chi connectivity index (χ2n) is 13.8. The highest BCUT2D eigenvalue weighted by atomic mass is 31.2. The van der Waals surface area contributed by atoms with E-state index in [1.807, 2.05) is 6.07 Å². The largest absolute Gasteiger partial charge is 0.510 e. The lowest BCUT2D eigenvalue weighted by Gasteiger charge is -2.25. The molecule has 312 valence electrons. The number of aliphatic hydroxyl groups is 2. The topological polar surface area (TPSA) is 239 Å². The Morgan fingerprint density at radius 3 is 2.39 bits per heavy atom. The normalized spacial score (nSPS) is 21.4. The zero-order valence-electron chi connectivity index (χ0n) is 32.9. The average molecular weight is 807 g/mol. The van der Waals surface area contributed by atoms with E-state index in [1.54, 1.807) is 13.8 Å². The van der Waals surface area contributed by atoms with Crippen LogP contribution in [0.1, 0.15) is 110 Å². The minimum atomic E-state index is -4.54. The number of anilines is 1. The molecule has 1 saturated heterocycles. The van der Waals surface area contributed by atoms with Crippen LogP contribution in [0.2, 0.25) is 0 Å². The number of carbonyl (C=O) groups excluding carboxylic acids is 2. The number of nitrogens with two attached hydrogens (primary N) is 1. The highest BCUT2D eigenvalue weighted by Gasteiger charge is 2.58. The second kappa shape index (κ2) is 24.0. The number of nitrogens with zero attached hydrogens (tertiary/aromatic N) is 4. The highest BCUT2D eigenvalue weighted by molar-refractivity contribution is 7.51. The molecule has 1 aliphatic heterocycles. The van der Waals surface area contributed by atoms with Gasteiger partial charge in [-0.05, 0) is 71.4 Å². The van der Waals surface area contributed by atoms with Crippen LogP contribution in [-0.4, -0.2) is 87.4 Å². The molecule has 1 aliphatic rings. The van der Waals surface area contributed by atoms with Crippen LogP contribution in [0.25, 0.3) is 5.52 Å². The summed E-state index contributed by atoms with van der Waals surface area (Å²) in [7, 11) is -4.54. The van der Waals surface area contributed by atoms with Crippen LogP contribution in [0.3, 0.4) is 0 Å². The summed E-state index contributed by atoms with van der Waals surface area (Å²) in [5, 5.41) is 38.7. The Bertz CT molecular complexity index is 1660. The van der Waals surface area contributed by atoms with E-state index in [9.17, 15) is 29.6 Å². The Kier molecular flexibility index (Phi) is 19.9. The lowest BCUT2D eigenvalue weighted by Crippen LogP contribution is -2.41. The van der Waals surface area contributed by atoms with Gasteiger partial charge in [0.15, 0.2) is 5.82 Å². The Balaban J connectivity index is 1.48. The summed E-state index contributed by atoms with van der Waals surface area (Å²) in [4.78, 5) is 28.6. The molecule has 0 aromatic carbocycles. The first-order valence-corrected chi connectivity index (χ1v) is 20.9.